The average molecular weight is 413 g/mol. The lowest BCUT2D eigenvalue weighted by Gasteiger charge is -2.16. The summed E-state index contributed by atoms with van der Waals surface area (Å²) < 4.78 is 38.1. The molecule has 0 saturated heterocycles. The molecule has 1 heterocycles. The van der Waals surface area contributed by atoms with Crippen LogP contribution in [0.1, 0.15) is 44.8 Å². The van der Waals surface area contributed by atoms with Gasteiger partial charge >= 0.3 is 6.18 Å². The molecule has 2 aromatic carbocycles. The van der Waals surface area contributed by atoms with Gasteiger partial charge in [0.05, 0.1) is 17.2 Å². The summed E-state index contributed by atoms with van der Waals surface area (Å²) in [7, 11) is 0. The second-order valence-corrected chi connectivity index (χ2v) is 6.59. The maximum Gasteiger partial charge on any atom is 0.416 e. The van der Waals surface area contributed by atoms with Crippen LogP contribution in [0.3, 0.4) is 0 Å². The van der Waals surface area contributed by atoms with Gasteiger partial charge in [0, 0.05) is 23.6 Å². The summed E-state index contributed by atoms with van der Waals surface area (Å²) in [4.78, 5) is 28.7. The molecule has 0 fully saturated rings. The summed E-state index contributed by atoms with van der Waals surface area (Å²) in [6.45, 7) is 1.68. The lowest BCUT2D eigenvalue weighted by molar-refractivity contribution is -0.137. The van der Waals surface area contributed by atoms with E-state index in [4.69, 9.17) is 0 Å². The normalized spacial score (nSPS) is 12.1. The molecule has 30 heavy (non-hydrogen) atoms. The first-order valence-electron chi connectivity index (χ1n) is 9.03. The van der Waals surface area contributed by atoms with Gasteiger partial charge in [0.15, 0.2) is 0 Å². The molecule has 0 aliphatic heterocycles. The van der Waals surface area contributed by atoms with Gasteiger partial charge in [0.1, 0.15) is 0 Å². The zero-order chi connectivity index (χ0) is 21.7. The van der Waals surface area contributed by atoms with Gasteiger partial charge in [0.25, 0.3) is 11.8 Å². The Hall–Kier alpha value is -3.68. The van der Waals surface area contributed by atoms with Crippen molar-refractivity contribution in [1.29, 1.82) is 0 Å². The van der Waals surface area contributed by atoms with E-state index in [0.717, 1.165) is 12.1 Å². The lowest BCUT2D eigenvalue weighted by Crippen LogP contribution is -2.26. The number of carbonyl (C=O) groups excluding carboxylic acids is 2. The van der Waals surface area contributed by atoms with E-state index in [9.17, 15) is 22.8 Å². The second kappa shape index (κ2) is 8.77. The number of nitrogens with one attached hydrogen (secondary N) is 2. The number of benzene rings is 2. The molecule has 0 bridgehead atoms. The molecule has 1 atom stereocenters. The Balaban J connectivity index is 1.67. The Bertz CT molecular complexity index is 1040. The Morgan fingerprint density at radius 1 is 0.933 bits per heavy atom. The van der Waals surface area contributed by atoms with Crippen LogP contribution in [0.4, 0.5) is 18.9 Å². The van der Waals surface area contributed by atoms with Gasteiger partial charge in [-0.1, -0.05) is 18.2 Å². The van der Waals surface area contributed by atoms with Crippen molar-refractivity contribution in [3.05, 3.63) is 95.3 Å². The van der Waals surface area contributed by atoms with Crippen LogP contribution in [0.25, 0.3) is 0 Å². The monoisotopic (exact) mass is 413 g/mol. The van der Waals surface area contributed by atoms with E-state index in [-0.39, 0.29) is 5.91 Å². The molecule has 1 aromatic heterocycles. The van der Waals surface area contributed by atoms with Gasteiger partial charge in [-0.2, -0.15) is 13.2 Å². The molecule has 0 unspecified atom stereocenters. The summed E-state index contributed by atoms with van der Waals surface area (Å²) in [5.41, 5.74) is 0.902. The summed E-state index contributed by atoms with van der Waals surface area (Å²) in [5.74, 6) is -0.779. The van der Waals surface area contributed by atoms with Crippen LogP contribution in [0.5, 0.6) is 0 Å². The quantitative estimate of drug-likeness (QED) is 0.629. The number of anilines is 1. The number of carbonyl (C=O) groups is 2. The van der Waals surface area contributed by atoms with E-state index in [1.165, 1.54) is 24.4 Å². The van der Waals surface area contributed by atoms with E-state index in [1.54, 1.807) is 43.5 Å². The predicted molar refractivity (Wildman–Crippen MR) is 106 cm³/mol. The zero-order valence-corrected chi connectivity index (χ0v) is 15.9. The number of hydrogen-bond acceptors (Lipinski definition) is 3. The van der Waals surface area contributed by atoms with Gasteiger partial charge in [0.2, 0.25) is 0 Å². The number of rotatable bonds is 5. The Morgan fingerprint density at radius 3 is 2.27 bits per heavy atom. The van der Waals surface area contributed by atoms with Crippen LogP contribution < -0.4 is 10.6 Å². The topological polar surface area (TPSA) is 71.1 Å². The van der Waals surface area contributed by atoms with Crippen molar-refractivity contribution in [3.63, 3.8) is 0 Å². The van der Waals surface area contributed by atoms with Crippen molar-refractivity contribution in [2.24, 2.45) is 0 Å². The summed E-state index contributed by atoms with van der Waals surface area (Å²) >= 11 is 0. The smallest absolute Gasteiger partial charge is 0.346 e. The fourth-order valence-corrected chi connectivity index (χ4v) is 2.76. The molecule has 8 heteroatoms. The Kier molecular flexibility index (Phi) is 6.15. The average Bonchev–Trinajstić information content (AvgIpc) is 2.74. The van der Waals surface area contributed by atoms with Crippen molar-refractivity contribution in [2.45, 2.75) is 19.1 Å². The summed E-state index contributed by atoms with van der Waals surface area (Å²) in [6, 6.07) is 13.7. The summed E-state index contributed by atoms with van der Waals surface area (Å²) in [5, 5.41) is 5.43. The van der Waals surface area contributed by atoms with Crippen molar-refractivity contribution in [3.8, 4) is 0 Å². The maximum absolute atomic E-state index is 12.7. The first-order valence-corrected chi connectivity index (χ1v) is 9.03. The molecule has 154 valence electrons. The molecular weight excluding hydrogens is 395 g/mol. The Labute approximate surface area is 171 Å². The van der Waals surface area contributed by atoms with Crippen molar-refractivity contribution >= 4 is 17.5 Å². The number of halogens is 3. The van der Waals surface area contributed by atoms with Gasteiger partial charge in [-0.05, 0) is 55.0 Å². The fourth-order valence-electron chi connectivity index (χ4n) is 2.76. The lowest BCUT2D eigenvalue weighted by atomic mass is 10.1. The number of amides is 2. The van der Waals surface area contributed by atoms with Crippen molar-refractivity contribution < 1.29 is 22.8 Å². The third kappa shape index (κ3) is 5.22. The van der Waals surface area contributed by atoms with Crippen LogP contribution in [0.2, 0.25) is 0 Å². The Morgan fingerprint density at radius 2 is 1.63 bits per heavy atom. The number of nitrogens with zero attached hydrogens (tertiary/aromatic N) is 1. The van der Waals surface area contributed by atoms with E-state index < -0.39 is 23.7 Å². The van der Waals surface area contributed by atoms with E-state index in [0.29, 0.717) is 22.4 Å². The maximum atomic E-state index is 12.7. The van der Waals surface area contributed by atoms with Gasteiger partial charge in [-0.15, -0.1) is 0 Å². The minimum Gasteiger partial charge on any atom is -0.346 e. The second-order valence-electron chi connectivity index (χ2n) is 6.59. The SMILES string of the molecule is C[C@H](NC(=O)c1cccc(NC(=O)c2cccnc2)c1)c1ccc(C(F)(F)F)cc1. The van der Waals surface area contributed by atoms with E-state index in [2.05, 4.69) is 15.6 Å². The van der Waals surface area contributed by atoms with Gasteiger partial charge in [-0.25, -0.2) is 0 Å². The minimum atomic E-state index is -4.41. The first-order chi connectivity index (χ1) is 14.2. The molecule has 0 aliphatic rings. The standard InChI is InChI=1S/C22H18F3N3O2/c1-14(15-7-9-18(10-8-15)22(23,24)25)27-20(29)16-4-2-6-19(12-16)28-21(30)17-5-3-11-26-13-17/h2-14H,1H3,(H,27,29)(H,28,30)/t14-/m0/s1. The first kappa shape index (κ1) is 21.0. The molecule has 0 spiro atoms. The molecule has 0 saturated carbocycles. The number of alkyl halides is 3. The number of hydrogen-bond donors (Lipinski definition) is 2. The molecule has 2 amide bonds. The fraction of sp³-hybridized carbons (Fsp3) is 0.136. The molecule has 0 aliphatic carbocycles. The van der Waals surface area contributed by atoms with Crippen LogP contribution in [-0.2, 0) is 6.18 Å². The highest BCUT2D eigenvalue weighted by atomic mass is 19.4. The zero-order valence-electron chi connectivity index (χ0n) is 15.9. The van der Waals surface area contributed by atoms with Crippen molar-refractivity contribution in [1.82, 2.24) is 10.3 Å². The molecule has 0 radical (unpaired) electrons. The van der Waals surface area contributed by atoms with Crippen LogP contribution >= 0.6 is 0 Å². The highest BCUT2D eigenvalue weighted by Gasteiger charge is 2.30. The van der Waals surface area contributed by atoms with E-state index >= 15 is 0 Å². The number of aromatic nitrogens is 1. The highest BCUT2D eigenvalue weighted by Crippen LogP contribution is 2.30. The third-order valence-electron chi connectivity index (χ3n) is 4.39. The van der Waals surface area contributed by atoms with E-state index in [1.807, 2.05) is 0 Å². The highest BCUT2D eigenvalue weighted by molar-refractivity contribution is 6.04. The third-order valence-corrected chi connectivity index (χ3v) is 4.39. The van der Waals surface area contributed by atoms with Crippen LogP contribution in [-0.4, -0.2) is 16.8 Å². The molecular formula is C22H18F3N3O2. The molecule has 3 rings (SSSR count). The number of pyridine rings is 1. The van der Waals surface area contributed by atoms with Crippen LogP contribution in [0, 0.1) is 0 Å². The largest absolute Gasteiger partial charge is 0.416 e. The minimum absolute atomic E-state index is 0.303. The van der Waals surface area contributed by atoms with Crippen molar-refractivity contribution in [2.75, 3.05) is 5.32 Å². The summed E-state index contributed by atoms with van der Waals surface area (Å²) in [6.07, 6.45) is -1.43. The van der Waals surface area contributed by atoms with Gasteiger partial charge in [-0.3, -0.25) is 14.6 Å². The van der Waals surface area contributed by atoms with Gasteiger partial charge < -0.3 is 10.6 Å². The molecule has 3 aromatic rings. The molecule has 5 nitrogen and oxygen atoms in total. The predicted octanol–water partition coefficient (Wildman–Crippen LogP) is 4.84. The van der Waals surface area contributed by atoms with Crippen LogP contribution in [0.15, 0.2) is 73.1 Å². The molecule has 2 N–H and O–H groups in total.